The third-order valence-electron chi connectivity index (χ3n) is 2.91. The van der Waals surface area contributed by atoms with Crippen LogP contribution in [0.25, 0.3) is 0 Å². The van der Waals surface area contributed by atoms with Gasteiger partial charge in [0.1, 0.15) is 0 Å². The quantitative estimate of drug-likeness (QED) is 0.578. The van der Waals surface area contributed by atoms with E-state index in [2.05, 4.69) is 37.2 Å². The molecule has 0 fully saturated rings. The maximum absolute atomic E-state index is 10.9. The average Bonchev–Trinajstić information content (AvgIpc) is 2.40. The van der Waals surface area contributed by atoms with E-state index in [9.17, 15) is 10.1 Å². The minimum absolute atomic E-state index is 0.114. The fourth-order valence-corrected chi connectivity index (χ4v) is 2.73. The summed E-state index contributed by atoms with van der Waals surface area (Å²) in [6.45, 7) is 2.37. The van der Waals surface area contributed by atoms with Crippen LogP contribution in [0.2, 0.25) is 0 Å². The van der Waals surface area contributed by atoms with Crippen molar-refractivity contribution in [2.45, 2.75) is 13.5 Å². The molecule has 0 atom stereocenters. The van der Waals surface area contributed by atoms with E-state index >= 15 is 0 Å². The highest BCUT2D eigenvalue weighted by Crippen LogP contribution is 2.31. The first-order valence-electron chi connectivity index (χ1n) is 5.91. The number of hydrogen-bond donors (Lipinski definition) is 1. The fourth-order valence-electron chi connectivity index (χ4n) is 1.84. The van der Waals surface area contributed by atoms with Gasteiger partial charge in [-0.1, -0.05) is 34.1 Å². The Morgan fingerprint density at radius 3 is 2.55 bits per heavy atom. The summed E-state index contributed by atoms with van der Waals surface area (Å²) in [4.78, 5) is 10.5. The van der Waals surface area contributed by atoms with Gasteiger partial charge in [0.05, 0.1) is 4.92 Å². The molecule has 0 aromatic heterocycles. The van der Waals surface area contributed by atoms with Crippen LogP contribution < -0.4 is 5.32 Å². The summed E-state index contributed by atoms with van der Waals surface area (Å²) < 4.78 is 1.71. The van der Waals surface area contributed by atoms with Gasteiger partial charge in [0.2, 0.25) is 0 Å². The van der Waals surface area contributed by atoms with E-state index in [1.807, 2.05) is 24.3 Å². The number of nitro benzene ring substituents is 1. The minimum Gasteiger partial charge on any atom is -0.380 e. The van der Waals surface area contributed by atoms with Crippen LogP contribution in [0, 0.1) is 17.0 Å². The number of rotatable bonds is 4. The summed E-state index contributed by atoms with van der Waals surface area (Å²) in [5.41, 5.74) is 2.70. The van der Waals surface area contributed by atoms with Gasteiger partial charge < -0.3 is 5.32 Å². The first-order valence-corrected chi connectivity index (χ1v) is 7.49. The molecular weight excluding hydrogens is 388 g/mol. The van der Waals surface area contributed by atoms with Crippen molar-refractivity contribution in [3.63, 3.8) is 0 Å². The van der Waals surface area contributed by atoms with Crippen molar-refractivity contribution in [1.82, 2.24) is 0 Å². The Labute approximate surface area is 133 Å². The molecule has 0 aliphatic heterocycles. The van der Waals surface area contributed by atoms with Crippen LogP contribution in [-0.4, -0.2) is 4.92 Å². The molecule has 1 N–H and O–H groups in total. The second-order valence-electron chi connectivity index (χ2n) is 4.32. The van der Waals surface area contributed by atoms with Crippen LogP contribution in [0.4, 0.5) is 11.4 Å². The first-order chi connectivity index (χ1) is 9.49. The van der Waals surface area contributed by atoms with Crippen molar-refractivity contribution in [2.75, 3.05) is 5.32 Å². The van der Waals surface area contributed by atoms with Crippen molar-refractivity contribution in [3.05, 3.63) is 66.6 Å². The standard InChI is InChI=1S/C14H12Br2N2O2/c1-9-6-13(12(16)7-14(9)18(19)20)17-8-10-4-2-3-5-11(10)15/h2-7,17H,8H2,1H3. The van der Waals surface area contributed by atoms with Gasteiger partial charge in [-0.25, -0.2) is 0 Å². The predicted octanol–water partition coefficient (Wildman–Crippen LogP) is 5.04. The van der Waals surface area contributed by atoms with Crippen molar-refractivity contribution in [2.24, 2.45) is 0 Å². The highest BCUT2D eigenvalue weighted by molar-refractivity contribution is 9.11. The molecule has 0 radical (unpaired) electrons. The number of halogens is 2. The van der Waals surface area contributed by atoms with Crippen molar-refractivity contribution >= 4 is 43.2 Å². The maximum Gasteiger partial charge on any atom is 0.273 e. The maximum atomic E-state index is 10.9. The molecule has 0 aliphatic rings. The van der Waals surface area contributed by atoms with Crippen LogP contribution in [0.3, 0.4) is 0 Å². The predicted molar refractivity (Wildman–Crippen MR) is 87.0 cm³/mol. The molecule has 0 aliphatic carbocycles. The molecule has 0 saturated heterocycles. The van der Waals surface area contributed by atoms with Gasteiger partial charge in [-0.3, -0.25) is 10.1 Å². The number of nitro groups is 1. The van der Waals surface area contributed by atoms with Gasteiger partial charge in [0.25, 0.3) is 5.69 Å². The van der Waals surface area contributed by atoms with E-state index in [1.165, 1.54) is 6.07 Å². The lowest BCUT2D eigenvalue weighted by molar-refractivity contribution is -0.385. The highest BCUT2D eigenvalue weighted by Gasteiger charge is 2.14. The molecule has 0 spiro atoms. The fraction of sp³-hybridized carbons (Fsp3) is 0.143. The summed E-state index contributed by atoms with van der Waals surface area (Å²) >= 11 is 6.86. The second kappa shape index (κ2) is 6.37. The monoisotopic (exact) mass is 398 g/mol. The van der Waals surface area contributed by atoms with E-state index in [0.717, 1.165) is 15.7 Å². The number of hydrogen-bond acceptors (Lipinski definition) is 3. The number of nitrogens with one attached hydrogen (secondary N) is 1. The molecule has 0 amide bonds. The van der Waals surface area contributed by atoms with Crippen molar-refractivity contribution in [1.29, 1.82) is 0 Å². The van der Waals surface area contributed by atoms with Crippen LogP contribution in [0.15, 0.2) is 45.3 Å². The van der Waals surface area contributed by atoms with Gasteiger partial charge in [-0.2, -0.15) is 0 Å². The number of aryl methyl sites for hydroxylation is 1. The van der Waals surface area contributed by atoms with E-state index in [-0.39, 0.29) is 10.6 Å². The normalized spacial score (nSPS) is 10.3. The molecule has 2 aromatic rings. The number of benzene rings is 2. The van der Waals surface area contributed by atoms with Gasteiger partial charge in [-0.05, 0) is 40.5 Å². The Hall–Kier alpha value is -1.40. The third-order valence-corrected chi connectivity index (χ3v) is 4.34. The molecule has 2 aromatic carbocycles. The molecule has 104 valence electrons. The zero-order chi connectivity index (χ0) is 14.7. The van der Waals surface area contributed by atoms with Gasteiger partial charge in [-0.15, -0.1) is 0 Å². The summed E-state index contributed by atoms with van der Waals surface area (Å²) in [5, 5.41) is 14.1. The van der Waals surface area contributed by atoms with E-state index < -0.39 is 0 Å². The summed E-state index contributed by atoms with van der Waals surface area (Å²) in [6, 6.07) is 11.2. The lowest BCUT2D eigenvalue weighted by Crippen LogP contribution is -2.02. The van der Waals surface area contributed by atoms with E-state index in [1.54, 1.807) is 13.0 Å². The molecular formula is C14H12Br2N2O2. The largest absolute Gasteiger partial charge is 0.380 e. The second-order valence-corrected chi connectivity index (χ2v) is 6.03. The van der Waals surface area contributed by atoms with Crippen molar-refractivity contribution in [3.8, 4) is 0 Å². The zero-order valence-corrected chi connectivity index (χ0v) is 13.9. The molecule has 20 heavy (non-hydrogen) atoms. The Morgan fingerprint density at radius 2 is 1.90 bits per heavy atom. The van der Waals surface area contributed by atoms with E-state index in [4.69, 9.17) is 0 Å². The molecule has 6 heteroatoms. The SMILES string of the molecule is Cc1cc(NCc2ccccc2Br)c(Br)cc1[N+](=O)[O-]. The van der Waals surface area contributed by atoms with Gasteiger partial charge >= 0.3 is 0 Å². The molecule has 0 unspecified atom stereocenters. The van der Waals surface area contributed by atoms with Gasteiger partial charge in [0, 0.05) is 32.8 Å². The van der Waals surface area contributed by atoms with E-state index in [0.29, 0.717) is 16.6 Å². The smallest absolute Gasteiger partial charge is 0.273 e. The van der Waals surface area contributed by atoms with Crippen LogP contribution in [0.5, 0.6) is 0 Å². The Morgan fingerprint density at radius 1 is 1.20 bits per heavy atom. The van der Waals surface area contributed by atoms with Crippen LogP contribution in [0.1, 0.15) is 11.1 Å². The summed E-state index contributed by atoms with van der Waals surface area (Å²) in [6.07, 6.45) is 0. The van der Waals surface area contributed by atoms with Gasteiger partial charge in [0.15, 0.2) is 0 Å². The molecule has 0 saturated carbocycles. The van der Waals surface area contributed by atoms with Crippen molar-refractivity contribution < 1.29 is 4.92 Å². The third kappa shape index (κ3) is 3.37. The number of anilines is 1. The molecule has 0 heterocycles. The Balaban J connectivity index is 2.21. The zero-order valence-electron chi connectivity index (χ0n) is 10.7. The minimum atomic E-state index is -0.377. The Bertz CT molecular complexity index is 660. The lowest BCUT2D eigenvalue weighted by Gasteiger charge is -2.11. The highest BCUT2D eigenvalue weighted by atomic mass is 79.9. The van der Waals surface area contributed by atoms with Crippen LogP contribution in [-0.2, 0) is 6.54 Å². The van der Waals surface area contributed by atoms with Crippen LogP contribution >= 0.6 is 31.9 Å². The molecule has 4 nitrogen and oxygen atoms in total. The number of nitrogens with zero attached hydrogens (tertiary/aromatic N) is 1. The first kappa shape index (κ1) is 15.0. The topological polar surface area (TPSA) is 55.2 Å². The summed E-state index contributed by atoms with van der Waals surface area (Å²) in [7, 11) is 0. The Kier molecular flexibility index (Phi) is 4.77. The molecule has 2 rings (SSSR count). The average molecular weight is 400 g/mol. The summed E-state index contributed by atoms with van der Waals surface area (Å²) in [5.74, 6) is 0. The molecule has 0 bridgehead atoms. The lowest BCUT2D eigenvalue weighted by atomic mass is 10.1.